The fourth-order valence-corrected chi connectivity index (χ4v) is 15.8. The molecule has 14 heteroatoms. The van der Waals surface area contributed by atoms with E-state index in [1.807, 2.05) is 212 Å². The van der Waals surface area contributed by atoms with Crippen molar-refractivity contribution in [1.29, 1.82) is 0 Å². The minimum atomic E-state index is -1.51. The van der Waals surface area contributed by atoms with Crippen LogP contribution in [0.1, 0.15) is 14.9 Å². The lowest BCUT2D eigenvalue weighted by atomic mass is 9.79. The van der Waals surface area contributed by atoms with E-state index in [-0.39, 0.29) is 14.9 Å². The molecule has 22 aromatic rings. The first-order valence-corrected chi connectivity index (χ1v) is 38.5. The number of nitrogens with zero attached hydrogens (tertiary/aromatic N) is 6. The number of benzene rings is 16. The summed E-state index contributed by atoms with van der Waals surface area (Å²) in [5.74, 6) is 3.40. The molecule has 0 radical (unpaired) electrons. The van der Waals surface area contributed by atoms with Gasteiger partial charge in [-0.15, -0.1) is 0 Å². The van der Waals surface area contributed by atoms with Crippen molar-refractivity contribution in [3.05, 3.63) is 381 Å². The molecule has 0 bridgehead atoms. The molecular weight excluding hydrogens is 1480 g/mol. The van der Waals surface area contributed by atoms with Crippen molar-refractivity contribution >= 4 is 112 Å². The van der Waals surface area contributed by atoms with Crippen LogP contribution in [0.2, 0.25) is 5.02 Å². The molecule has 0 atom stereocenters. The summed E-state index contributed by atoms with van der Waals surface area (Å²) in [4.78, 5) is 30.1. The number of fused-ring (bicyclic) bond motifs is 12. The maximum atomic E-state index is 9.24. The van der Waals surface area contributed by atoms with Gasteiger partial charge in [0.05, 0.1) is 16.1 Å². The molecule has 16 aromatic carbocycles. The SMILES string of the molecule is C.C.Clc1ccc(-c2nc(-c3ccccc3)nc(-c3ccccc3)n2)c2oc3c(-c4ccccc4)cc(-c4ccccc4)cc3c12.OB(O)c1cccc2c1oc1ccccc12.c1ccc(-c2cc(-c3ccccc3)c3oc4c(-c5nc(-c6ccccc6)nc(-c6ccccc6)n5)ccc(-c5cccc6c5oc5ccccc56)c4c3c2)cc1. The standard InChI is InChI=1S/C51H31N3O2.C39H24ClN3O.C12H9BO3.2CH4/c1-5-16-32(17-6-1)36-30-42(33-18-7-2-8-19-33)47-43(31-36)45-38(40-26-15-25-39-37-24-13-14-27-44(37)55-46(39)40)28-29-41(48(45)56-47)51-53-49(34-20-9-3-10-21-34)52-50(54-51)35-22-11-4-12-23-35;40-33-22-21-30(39-42-37(27-17-9-3-10-18-27)41-38(43-39)28-19-11-4-12-20-28)36-34(33)32-24-29(25-13-5-1-6-14-25)23-31(35(32)44-36)26-15-7-2-8-16-26;14-13(15)10-6-3-5-9-8-4-1-2-7-11(8)16-12(9)10;;/h1-31H;1-24H;1-7,14-15H;2*1H4. The molecule has 12 nitrogen and oxygen atoms in total. The van der Waals surface area contributed by atoms with Crippen molar-refractivity contribution in [2.24, 2.45) is 0 Å². The second-order valence-corrected chi connectivity index (χ2v) is 28.6. The van der Waals surface area contributed by atoms with Crippen molar-refractivity contribution in [2.75, 3.05) is 0 Å². The molecule has 0 spiro atoms. The van der Waals surface area contributed by atoms with Crippen molar-refractivity contribution in [3.8, 4) is 124 Å². The topological polar surface area (TPSA) is 170 Å². The summed E-state index contributed by atoms with van der Waals surface area (Å²) in [6, 6.07) is 126. The van der Waals surface area contributed by atoms with E-state index in [1.54, 1.807) is 12.1 Å². The fourth-order valence-electron chi connectivity index (χ4n) is 15.5. The van der Waals surface area contributed by atoms with Gasteiger partial charge in [0.2, 0.25) is 0 Å². The second kappa shape index (κ2) is 32.1. The summed E-state index contributed by atoms with van der Waals surface area (Å²) in [5.41, 5.74) is 21.9. The molecule has 0 fully saturated rings. The van der Waals surface area contributed by atoms with E-state index in [2.05, 4.69) is 152 Å². The third kappa shape index (κ3) is 14.0. The van der Waals surface area contributed by atoms with Crippen LogP contribution < -0.4 is 5.46 Å². The zero-order valence-corrected chi connectivity index (χ0v) is 62.7. The fraction of sp³-hybridized carbons (Fsp3) is 0.0192. The molecule has 0 aliphatic rings. The van der Waals surface area contributed by atoms with E-state index < -0.39 is 7.12 Å². The molecule has 0 amide bonds. The first-order valence-electron chi connectivity index (χ1n) is 38.1. The number of furan rings is 4. The van der Waals surface area contributed by atoms with Crippen LogP contribution in [0, 0.1) is 0 Å². The Bertz CT molecular complexity index is 7300. The number of aromatic nitrogens is 6. The highest BCUT2D eigenvalue weighted by atomic mass is 35.5. The van der Waals surface area contributed by atoms with Crippen LogP contribution in [0.3, 0.4) is 0 Å². The highest BCUT2D eigenvalue weighted by Crippen LogP contribution is 2.50. The molecule has 22 rings (SSSR count). The summed E-state index contributed by atoms with van der Waals surface area (Å²) in [6.07, 6.45) is 0. The maximum Gasteiger partial charge on any atom is 0.492 e. The Morgan fingerprint density at radius 2 is 0.525 bits per heavy atom. The molecule has 0 saturated heterocycles. The minimum absolute atomic E-state index is 0. The van der Waals surface area contributed by atoms with Gasteiger partial charge in [-0.25, -0.2) is 29.9 Å². The van der Waals surface area contributed by atoms with Crippen LogP contribution in [0.4, 0.5) is 0 Å². The van der Waals surface area contributed by atoms with Crippen LogP contribution in [0.25, 0.3) is 212 Å². The Kier molecular flexibility index (Phi) is 20.3. The number of halogens is 1. The first-order chi connectivity index (χ1) is 57.3. The van der Waals surface area contributed by atoms with Crippen LogP contribution >= 0.6 is 11.6 Å². The van der Waals surface area contributed by atoms with Crippen molar-refractivity contribution in [1.82, 2.24) is 29.9 Å². The van der Waals surface area contributed by atoms with E-state index in [9.17, 15) is 10.0 Å². The van der Waals surface area contributed by atoms with Gasteiger partial charge in [0, 0.05) is 87.5 Å². The number of rotatable bonds is 12. The van der Waals surface area contributed by atoms with Gasteiger partial charge in [-0.3, -0.25) is 0 Å². The molecule has 564 valence electrons. The molecule has 0 saturated carbocycles. The average Bonchev–Trinajstić information content (AvgIpc) is 1.56. The van der Waals surface area contributed by atoms with Crippen LogP contribution in [0.15, 0.2) is 394 Å². The molecule has 0 unspecified atom stereocenters. The summed E-state index contributed by atoms with van der Waals surface area (Å²) in [6.45, 7) is 0. The smallest absolute Gasteiger partial charge is 0.456 e. The van der Waals surface area contributed by atoms with Crippen molar-refractivity contribution in [2.45, 2.75) is 14.9 Å². The lowest BCUT2D eigenvalue weighted by Gasteiger charge is -2.11. The van der Waals surface area contributed by atoms with E-state index in [1.165, 1.54) is 0 Å². The van der Waals surface area contributed by atoms with Crippen molar-refractivity contribution in [3.63, 3.8) is 0 Å². The Hall–Kier alpha value is -15.0. The summed E-state index contributed by atoms with van der Waals surface area (Å²) < 4.78 is 26.3. The molecule has 2 N–H and O–H groups in total. The maximum absolute atomic E-state index is 9.24. The first kappa shape index (κ1) is 74.4. The highest BCUT2D eigenvalue weighted by molar-refractivity contribution is 6.61. The van der Waals surface area contributed by atoms with E-state index >= 15 is 0 Å². The highest BCUT2D eigenvalue weighted by Gasteiger charge is 2.28. The predicted molar refractivity (Wildman–Crippen MR) is 483 cm³/mol. The van der Waals surface area contributed by atoms with Gasteiger partial charge in [0.1, 0.15) is 44.7 Å². The lowest BCUT2D eigenvalue weighted by Crippen LogP contribution is -2.29. The van der Waals surface area contributed by atoms with E-state index in [0.717, 1.165) is 160 Å². The van der Waals surface area contributed by atoms with Gasteiger partial charge in [0.25, 0.3) is 0 Å². The normalized spacial score (nSPS) is 11.2. The number of para-hydroxylation sites is 4. The summed E-state index contributed by atoms with van der Waals surface area (Å²) >= 11 is 6.97. The third-order valence-corrected chi connectivity index (χ3v) is 21.4. The zero-order valence-electron chi connectivity index (χ0n) is 62.0. The number of hydrogen-bond acceptors (Lipinski definition) is 12. The Labute approximate surface area is 685 Å². The van der Waals surface area contributed by atoms with Crippen LogP contribution in [-0.4, -0.2) is 47.1 Å². The van der Waals surface area contributed by atoms with Gasteiger partial charge in [-0.05, 0) is 93.5 Å². The van der Waals surface area contributed by atoms with E-state index in [4.69, 9.17) is 59.2 Å². The predicted octanol–water partition coefficient (Wildman–Crippen LogP) is 27.0. The Balaban J connectivity index is 0.000000137. The van der Waals surface area contributed by atoms with Gasteiger partial charge >= 0.3 is 7.12 Å². The largest absolute Gasteiger partial charge is 0.492 e. The molecule has 0 aliphatic carbocycles. The molecular formula is C104H72BClN6O6. The monoisotopic (exact) mass is 1550 g/mol. The van der Waals surface area contributed by atoms with Crippen LogP contribution in [-0.2, 0) is 0 Å². The minimum Gasteiger partial charge on any atom is -0.456 e. The third-order valence-electron chi connectivity index (χ3n) is 21.1. The van der Waals surface area contributed by atoms with Gasteiger partial charge in [0.15, 0.2) is 34.9 Å². The molecule has 118 heavy (non-hydrogen) atoms. The average molecular weight is 1550 g/mol. The van der Waals surface area contributed by atoms with E-state index in [0.29, 0.717) is 62.2 Å². The summed E-state index contributed by atoms with van der Waals surface area (Å²) in [7, 11) is -1.51. The molecule has 0 aliphatic heterocycles. The Morgan fingerprint density at radius 3 is 0.949 bits per heavy atom. The quantitative estimate of drug-likeness (QED) is 0.111. The second-order valence-electron chi connectivity index (χ2n) is 28.2. The summed E-state index contributed by atoms with van der Waals surface area (Å²) in [5, 5.41) is 26.8. The van der Waals surface area contributed by atoms with Crippen molar-refractivity contribution < 1.29 is 27.7 Å². The Morgan fingerprint density at radius 1 is 0.212 bits per heavy atom. The van der Waals surface area contributed by atoms with Gasteiger partial charge in [-0.1, -0.05) is 348 Å². The van der Waals surface area contributed by atoms with Gasteiger partial charge < -0.3 is 27.7 Å². The molecule has 6 heterocycles. The van der Waals surface area contributed by atoms with Crippen LogP contribution in [0.5, 0.6) is 0 Å². The lowest BCUT2D eigenvalue weighted by molar-refractivity contribution is 0.425. The number of hydrogen-bond donors (Lipinski definition) is 2. The molecule has 6 aromatic heterocycles. The van der Waals surface area contributed by atoms with Gasteiger partial charge in [-0.2, -0.15) is 0 Å². The zero-order chi connectivity index (χ0) is 77.6.